The van der Waals surface area contributed by atoms with Crippen LogP contribution in [0.5, 0.6) is 0 Å². The van der Waals surface area contributed by atoms with E-state index >= 15 is 0 Å². The van der Waals surface area contributed by atoms with Crippen LogP contribution in [0.15, 0.2) is 23.0 Å². The molecule has 0 atom stereocenters. The Kier molecular flexibility index (Phi) is 4.68. The number of pyridine rings is 1. The number of nitrogens with zero attached hydrogens (tertiary/aromatic N) is 1. The van der Waals surface area contributed by atoms with Gasteiger partial charge >= 0.3 is 5.97 Å². The molecule has 6 heteroatoms. The number of amides is 1. The van der Waals surface area contributed by atoms with Gasteiger partial charge in [0.05, 0.1) is 0 Å². The molecule has 2 rings (SSSR count). The van der Waals surface area contributed by atoms with E-state index in [-0.39, 0.29) is 11.3 Å². The van der Waals surface area contributed by atoms with E-state index in [1.807, 2.05) is 0 Å². The zero-order valence-electron chi connectivity index (χ0n) is 13.0. The third kappa shape index (κ3) is 3.05. The van der Waals surface area contributed by atoms with Crippen LogP contribution in [0.3, 0.4) is 0 Å². The van der Waals surface area contributed by atoms with Crippen molar-refractivity contribution in [3.05, 3.63) is 34.2 Å². The molecule has 1 amide bonds. The van der Waals surface area contributed by atoms with Gasteiger partial charge < -0.3 is 15.0 Å². The number of aliphatic carboxylic acids is 1. The number of hydrogen-bond donors (Lipinski definition) is 2. The molecule has 0 bridgehead atoms. The van der Waals surface area contributed by atoms with Crippen LogP contribution < -0.4 is 10.9 Å². The van der Waals surface area contributed by atoms with Gasteiger partial charge in [0, 0.05) is 13.1 Å². The Morgan fingerprint density at radius 2 is 2.00 bits per heavy atom. The summed E-state index contributed by atoms with van der Waals surface area (Å²) in [6.45, 7) is 2.09. The van der Waals surface area contributed by atoms with E-state index in [1.54, 1.807) is 0 Å². The zero-order chi connectivity index (χ0) is 16.3. The number of aromatic nitrogens is 1. The van der Waals surface area contributed by atoms with E-state index in [1.165, 1.54) is 29.8 Å². The first-order valence-electron chi connectivity index (χ1n) is 7.61. The van der Waals surface area contributed by atoms with Crippen molar-refractivity contribution in [3.8, 4) is 0 Å². The summed E-state index contributed by atoms with van der Waals surface area (Å²) in [5, 5.41) is 12.2. The summed E-state index contributed by atoms with van der Waals surface area (Å²) in [5.74, 6) is -1.00. The van der Waals surface area contributed by atoms with Crippen molar-refractivity contribution in [1.82, 2.24) is 9.88 Å². The summed E-state index contributed by atoms with van der Waals surface area (Å²) in [6, 6.07) is 4.37. The summed E-state index contributed by atoms with van der Waals surface area (Å²) in [7, 11) is 1.50. The van der Waals surface area contributed by atoms with Crippen molar-refractivity contribution in [3.63, 3.8) is 0 Å². The Bertz CT molecular complexity index is 627. The van der Waals surface area contributed by atoms with Gasteiger partial charge in [-0.05, 0) is 37.7 Å². The van der Waals surface area contributed by atoms with Gasteiger partial charge in [-0.2, -0.15) is 0 Å². The fourth-order valence-corrected chi connectivity index (χ4v) is 3.04. The molecule has 22 heavy (non-hydrogen) atoms. The Balaban J connectivity index is 2.22. The highest BCUT2D eigenvalue weighted by Crippen LogP contribution is 2.34. The number of carbonyl (C=O) groups is 2. The molecule has 1 aliphatic carbocycles. The van der Waals surface area contributed by atoms with Crippen molar-refractivity contribution in [2.75, 3.05) is 0 Å². The first-order valence-corrected chi connectivity index (χ1v) is 7.61. The predicted molar refractivity (Wildman–Crippen MR) is 81.8 cm³/mol. The van der Waals surface area contributed by atoms with Crippen LogP contribution in [0.1, 0.15) is 49.5 Å². The van der Waals surface area contributed by atoms with Crippen LogP contribution in [-0.4, -0.2) is 27.1 Å². The Hall–Kier alpha value is -2.11. The molecule has 1 aromatic rings. The number of carbonyl (C=O) groups excluding carboxylic acids is 1. The molecule has 1 saturated carbocycles. The second kappa shape index (κ2) is 6.34. The molecule has 1 aromatic heterocycles. The minimum absolute atomic E-state index is 0.172. The Morgan fingerprint density at radius 1 is 1.36 bits per heavy atom. The van der Waals surface area contributed by atoms with Gasteiger partial charge in [-0.15, -0.1) is 0 Å². The molecule has 2 N–H and O–H groups in total. The molecule has 0 aliphatic heterocycles. The minimum Gasteiger partial charge on any atom is -0.480 e. The standard InChI is InChI=1S/C16H22N2O4/c1-3-11-7-9-16(10-8-11,15(21)22)17-14(20)12-5-4-6-13(19)18(12)2/h4-6,11H,3,7-10H2,1-2H3,(H,17,20)(H,21,22). The van der Waals surface area contributed by atoms with Gasteiger partial charge in [0.15, 0.2) is 0 Å². The van der Waals surface area contributed by atoms with E-state index < -0.39 is 17.4 Å². The SMILES string of the molecule is CCC1CCC(NC(=O)c2cccc(=O)n2C)(C(=O)O)CC1. The lowest BCUT2D eigenvalue weighted by atomic mass is 9.75. The second-order valence-electron chi connectivity index (χ2n) is 6.00. The van der Waals surface area contributed by atoms with Crippen LogP contribution >= 0.6 is 0 Å². The maximum absolute atomic E-state index is 12.4. The molecule has 1 heterocycles. The number of carboxylic acids is 1. The van der Waals surface area contributed by atoms with Gasteiger partial charge in [0.1, 0.15) is 11.2 Å². The lowest BCUT2D eigenvalue weighted by molar-refractivity contribution is -0.146. The summed E-state index contributed by atoms with van der Waals surface area (Å²) in [5.41, 5.74) is -1.35. The van der Waals surface area contributed by atoms with Gasteiger partial charge in [0.25, 0.3) is 11.5 Å². The molecule has 0 saturated heterocycles. The lowest BCUT2D eigenvalue weighted by Crippen LogP contribution is -2.56. The molecular formula is C16H22N2O4. The van der Waals surface area contributed by atoms with E-state index in [2.05, 4.69) is 12.2 Å². The maximum Gasteiger partial charge on any atom is 0.329 e. The fourth-order valence-electron chi connectivity index (χ4n) is 3.04. The van der Waals surface area contributed by atoms with Crippen LogP contribution in [0.4, 0.5) is 0 Å². The van der Waals surface area contributed by atoms with E-state index in [0.29, 0.717) is 18.8 Å². The molecule has 0 radical (unpaired) electrons. The van der Waals surface area contributed by atoms with Crippen LogP contribution in [0.25, 0.3) is 0 Å². The zero-order valence-corrected chi connectivity index (χ0v) is 13.0. The number of hydrogen-bond acceptors (Lipinski definition) is 3. The highest BCUT2D eigenvalue weighted by Gasteiger charge is 2.43. The first kappa shape index (κ1) is 16.3. The van der Waals surface area contributed by atoms with Gasteiger partial charge in [0.2, 0.25) is 0 Å². The molecule has 0 aromatic carbocycles. The maximum atomic E-state index is 12.4. The van der Waals surface area contributed by atoms with Gasteiger partial charge in [-0.3, -0.25) is 9.59 Å². The average Bonchev–Trinajstić information content (AvgIpc) is 2.50. The van der Waals surface area contributed by atoms with E-state index in [0.717, 1.165) is 19.3 Å². The molecule has 0 spiro atoms. The minimum atomic E-state index is -1.23. The van der Waals surface area contributed by atoms with Crippen molar-refractivity contribution < 1.29 is 14.7 Å². The lowest BCUT2D eigenvalue weighted by Gasteiger charge is -2.37. The third-order valence-electron chi connectivity index (χ3n) is 4.72. The van der Waals surface area contributed by atoms with Crippen molar-refractivity contribution in [2.24, 2.45) is 13.0 Å². The highest BCUT2D eigenvalue weighted by molar-refractivity contribution is 5.96. The Morgan fingerprint density at radius 3 is 2.55 bits per heavy atom. The van der Waals surface area contributed by atoms with Crippen molar-refractivity contribution in [2.45, 2.75) is 44.6 Å². The first-order chi connectivity index (χ1) is 10.4. The monoisotopic (exact) mass is 306 g/mol. The Labute approximate surface area is 129 Å². The van der Waals surface area contributed by atoms with Crippen LogP contribution in [0.2, 0.25) is 0 Å². The summed E-state index contributed by atoms with van der Waals surface area (Å²) < 4.78 is 1.22. The summed E-state index contributed by atoms with van der Waals surface area (Å²) in [4.78, 5) is 35.7. The van der Waals surface area contributed by atoms with E-state index in [4.69, 9.17) is 0 Å². The molecule has 6 nitrogen and oxygen atoms in total. The van der Waals surface area contributed by atoms with E-state index in [9.17, 15) is 19.5 Å². The molecular weight excluding hydrogens is 284 g/mol. The average molecular weight is 306 g/mol. The predicted octanol–water partition coefficient (Wildman–Crippen LogP) is 1.54. The van der Waals surface area contributed by atoms with Crippen LogP contribution in [0, 0.1) is 5.92 Å². The quantitative estimate of drug-likeness (QED) is 0.883. The largest absolute Gasteiger partial charge is 0.480 e. The third-order valence-corrected chi connectivity index (χ3v) is 4.72. The topological polar surface area (TPSA) is 88.4 Å². The fraction of sp³-hybridized carbons (Fsp3) is 0.562. The smallest absolute Gasteiger partial charge is 0.329 e. The molecule has 1 fully saturated rings. The van der Waals surface area contributed by atoms with Crippen LogP contribution in [-0.2, 0) is 11.8 Å². The van der Waals surface area contributed by atoms with Gasteiger partial charge in [-0.25, -0.2) is 4.79 Å². The highest BCUT2D eigenvalue weighted by atomic mass is 16.4. The summed E-state index contributed by atoms with van der Waals surface area (Å²) >= 11 is 0. The number of rotatable bonds is 4. The van der Waals surface area contributed by atoms with Crippen molar-refractivity contribution in [1.29, 1.82) is 0 Å². The molecule has 1 aliphatic rings. The second-order valence-corrected chi connectivity index (χ2v) is 6.00. The van der Waals surface area contributed by atoms with Gasteiger partial charge in [-0.1, -0.05) is 19.4 Å². The number of nitrogens with one attached hydrogen (secondary N) is 1. The molecule has 120 valence electrons. The number of carboxylic acid groups (broad SMARTS) is 1. The molecule has 0 unspecified atom stereocenters. The van der Waals surface area contributed by atoms with Crippen molar-refractivity contribution >= 4 is 11.9 Å². The normalized spacial score (nSPS) is 24.7. The summed E-state index contributed by atoms with van der Waals surface area (Å²) in [6.07, 6.45) is 3.45.